The Hall–Kier alpha value is -0.300. The molecule has 0 unspecified atom stereocenters. The molecule has 0 radical (unpaired) electrons. The molecule has 9 heavy (non-hydrogen) atoms. The third kappa shape index (κ3) is 4.22. The molecule has 1 atom stereocenters. The van der Waals surface area contributed by atoms with Crippen LogP contribution in [0, 0.1) is 5.92 Å². The summed E-state index contributed by atoms with van der Waals surface area (Å²) >= 11 is 0. The van der Waals surface area contributed by atoms with Crippen molar-refractivity contribution in [1.29, 1.82) is 0 Å². The lowest BCUT2D eigenvalue weighted by Crippen LogP contribution is -2.00. The smallest absolute Gasteiger partial charge is 0.0493 e. The van der Waals surface area contributed by atoms with Crippen molar-refractivity contribution in [3.8, 4) is 0 Å². The second kappa shape index (κ2) is 4.57. The summed E-state index contributed by atoms with van der Waals surface area (Å²) in [5, 5.41) is 8.73. The molecule has 1 heteroatoms. The van der Waals surface area contributed by atoms with Gasteiger partial charge in [0.05, 0.1) is 0 Å². The van der Waals surface area contributed by atoms with Gasteiger partial charge in [-0.1, -0.05) is 18.6 Å². The van der Waals surface area contributed by atoms with E-state index in [1.807, 2.05) is 0 Å². The molecule has 0 rings (SSSR count). The van der Waals surface area contributed by atoms with Gasteiger partial charge in [-0.3, -0.25) is 0 Å². The van der Waals surface area contributed by atoms with E-state index in [0.29, 0.717) is 5.92 Å². The standard InChI is InChI=1S/C8H16O/c1-4-8(6-9)5-7(2)3/h5,8-9H,4,6H2,1-3H3/t8-/m1/s1. The predicted molar refractivity (Wildman–Crippen MR) is 40.3 cm³/mol. The van der Waals surface area contributed by atoms with E-state index in [9.17, 15) is 0 Å². The van der Waals surface area contributed by atoms with Gasteiger partial charge >= 0.3 is 0 Å². The van der Waals surface area contributed by atoms with Gasteiger partial charge in [0.1, 0.15) is 0 Å². The van der Waals surface area contributed by atoms with E-state index >= 15 is 0 Å². The quantitative estimate of drug-likeness (QED) is 0.576. The second-order valence-electron chi connectivity index (χ2n) is 2.59. The summed E-state index contributed by atoms with van der Waals surface area (Å²) in [4.78, 5) is 0. The zero-order valence-corrected chi connectivity index (χ0v) is 6.52. The summed E-state index contributed by atoms with van der Waals surface area (Å²) in [6.45, 7) is 6.47. The predicted octanol–water partition coefficient (Wildman–Crippen LogP) is 1.97. The van der Waals surface area contributed by atoms with Gasteiger partial charge in [-0.2, -0.15) is 0 Å². The number of rotatable bonds is 3. The first-order valence-corrected chi connectivity index (χ1v) is 3.46. The van der Waals surface area contributed by atoms with E-state index in [1.54, 1.807) is 0 Å². The van der Waals surface area contributed by atoms with Crippen molar-refractivity contribution in [2.45, 2.75) is 27.2 Å². The van der Waals surface area contributed by atoms with E-state index in [-0.39, 0.29) is 6.61 Å². The first kappa shape index (κ1) is 8.70. The van der Waals surface area contributed by atoms with Crippen molar-refractivity contribution in [2.24, 2.45) is 5.92 Å². The van der Waals surface area contributed by atoms with Gasteiger partial charge in [0.15, 0.2) is 0 Å². The monoisotopic (exact) mass is 128 g/mol. The molecule has 0 aliphatic carbocycles. The Morgan fingerprint density at radius 2 is 2.11 bits per heavy atom. The van der Waals surface area contributed by atoms with Crippen LogP contribution in [0.1, 0.15) is 27.2 Å². The van der Waals surface area contributed by atoms with Gasteiger partial charge in [-0.05, 0) is 26.2 Å². The lowest BCUT2D eigenvalue weighted by atomic mass is 10.1. The highest BCUT2D eigenvalue weighted by Crippen LogP contribution is 2.05. The van der Waals surface area contributed by atoms with Crippen molar-refractivity contribution in [3.63, 3.8) is 0 Å². The summed E-state index contributed by atoms with van der Waals surface area (Å²) in [6, 6.07) is 0. The molecule has 0 aliphatic heterocycles. The highest BCUT2D eigenvalue weighted by Gasteiger charge is 1.97. The van der Waals surface area contributed by atoms with Gasteiger partial charge in [-0.25, -0.2) is 0 Å². The Labute approximate surface area is 57.4 Å². The van der Waals surface area contributed by atoms with Crippen LogP contribution >= 0.6 is 0 Å². The molecule has 0 bridgehead atoms. The highest BCUT2D eigenvalue weighted by atomic mass is 16.3. The number of hydrogen-bond donors (Lipinski definition) is 1. The molecular formula is C8H16O. The maximum atomic E-state index is 8.73. The van der Waals surface area contributed by atoms with Gasteiger partial charge < -0.3 is 5.11 Å². The van der Waals surface area contributed by atoms with Gasteiger partial charge in [0, 0.05) is 6.61 Å². The fourth-order valence-electron chi connectivity index (χ4n) is 0.771. The SMILES string of the molecule is CC[C@H](C=C(C)C)CO. The first-order chi connectivity index (χ1) is 4.20. The highest BCUT2D eigenvalue weighted by molar-refractivity contribution is 4.96. The number of hydrogen-bond acceptors (Lipinski definition) is 1. The lowest BCUT2D eigenvalue weighted by Gasteiger charge is -2.04. The largest absolute Gasteiger partial charge is 0.396 e. The average Bonchev–Trinajstić information content (AvgIpc) is 1.82. The van der Waals surface area contributed by atoms with Crippen LogP contribution in [0.3, 0.4) is 0 Å². The molecular weight excluding hydrogens is 112 g/mol. The van der Waals surface area contributed by atoms with Crippen LogP contribution in [0.2, 0.25) is 0 Å². The molecule has 0 aromatic rings. The van der Waals surface area contributed by atoms with Crippen LogP contribution < -0.4 is 0 Å². The number of aliphatic hydroxyl groups excluding tert-OH is 1. The molecule has 0 aromatic carbocycles. The Kier molecular flexibility index (Phi) is 4.41. The molecule has 0 aliphatic rings. The van der Waals surface area contributed by atoms with Gasteiger partial charge in [-0.15, -0.1) is 0 Å². The minimum absolute atomic E-state index is 0.279. The molecule has 0 aromatic heterocycles. The zero-order chi connectivity index (χ0) is 7.28. The Bertz CT molecular complexity index is 86.7. The summed E-state index contributed by atoms with van der Waals surface area (Å²) in [5.74, 6) is 0.370. The van der Waals surface area contributed by atoms with E-state index in [4.69, 9.17) is 5.11 Å². The first-order valence-electron chi connectivity index (χ1n) is 3.46. The molecule has 0 spiro atoms. The Balaban J connectivity index is 3.68. The minimum atomic E-state index is 0.279. The summed E-state index contributed by atoms with van der Waals surface area (Å²) < 4.78 is 0. The lowest BCUT2D eigenvalue weighted by molar-refractivity contribution is 0.249. The fourth-order valence-corrected chi connectivity index (χ4v) is 0.771. The molecule has 1 N–H and O–H groups in total. The molecule has 0 saturated heterocycles. The van der Waals surface area contributed by atoms with Crippen LogP contribution in [-0.2, 0) is 0 Å². The van der Waals surface area contributed by atoms with Crippen molar-refractivity contribution in [2.75, 3.05) is 6.61 Å². The maximum Gasteiger partial charge on any atom is 0.0493 e. The van der Waals surface area contributed by atoms with Crippen molar-refractivity contribution in [3.05, 3.63) is 11.6 Å². The van der Waals surface area contributed by atoms with Crippen molar-refractivity contribution in [1.82, 2.24) is 0 Å². The van der Waals surface area contributed by atoms with Crippen molar-refractivity contribution < 1.29 is 5.11 Å². The average molecular weight is 128 g/mol. The van der Waals surface area contributed by atoms with Crippen molar-refractivity contribution >= 4 is 0 Å². The zero-order valence-electron chi connectivity index (χ0n) is 6.52. The topological polar surface area (TPSA) is 20.2 Å². The third-order valence-corrected chi connectivity index (χ3v) is 1.33. The Morgan fingerprint density at radius 1 is 1.56 bits per heavy atom. The van der Waals surface area contributed by atoms with Crippen LogP contribution in [0.15, 0.2) is 11.6 Å². The summed E-state index contributed by atoms with van der Waals surface area (Å²) in [5.41, 5.74) is 1.29. The van der Waals surface area contributed by atoms with Crippen LogP contribution in [-0.4, -0.2) is 11.7 Å². The normalized spacial score (nSPS) is 12.9. The molecule has 0 amide bonds. The number of allylic oxidation sites excluding steroid dienone is 1. The fraction of sp³-hybridized carbons (Fsp3) is 0.750. The molecule has 0 fully saturated rings. The third-order valence-electron chi connectivity index (χ3n) is 1.33. The second-order valence-corrected chi connectivity index (χ2v) is 2.59. The van der Waals surface area contributed by atoms with Crippen LogP contribution in [0.4, 0.5) is 0 Å². The number of aliphatic hydroxyl groups is 1. The Morgan fingerprint density at radius 3 is 2.22 bits per heavy atom. The minimum Gasteiger partial charge on any atom is -0.396 e. The van der Waals surface area contributed by atoms with E-state index in [0.717, 1.165) is 6.42 Å². The summed E-state index contributed by atoms with van der Waals surface area (Å²) in [7, 11) is 0. The van der Waals surface area contributed by atoms with Gasteiger partial charge in [0.2, 0.25) is 0 Å². The summed E-state index contributed by atoms with van der Waals surface area (Å²) in [6.07, 6.45) is 3.14. The van der Waals surface area contributed by atoms with E-state index < -0.39 is 0 Å². The molecule has 54 valence electrons. The van der Waals surface area contributed by atoms with Gasteiger partial charge in [0.25, 0.3) is 0 Å². The van der Waals surface area contributed by atoms with Crippen LogP contribution in [0.25, 0.3) is 0 Å². The van der Waals surface area contributed by atoms with E-state index in [1.165, 1.54) is 5.57 Å². The molecule has 0 saturated carbocycles. The molecule has 0 heterocycles. The van der Waals surface area contributed by atoms with Crippen LogP contribution in [0.5, 0.6) is 0 Å². The van der Waals surface area contributed by atoms with E-state index in [2.05, 4.69) is 26.8 Å². The molecule has 1 nitrogen and oxygen atoms in total. The maximum absolute atomic E-state index is 8.73.